The SMILES string of the molecule is [O-][N+]([O-])=c1ccc(Sc2c3ccccc3nc3ccccc23)c[nH]1. The lowest BCUT2D eigenvalue weighted by molar-refractivity contribution is 0.900. The molecule has 0 saturated carbocycles. The predicted octanol–water partition coefficient (Wildman–Crippen LogP) is 3.64. The molecule has 2 aromatic carbocycles. The maximum absolute atomic E-state index is 10.8. The third-order valence-electron chi connectivity index (χ3n) is 3.72. The summed E-state index contributed by atoms with van der Waals surface area (Å²) < 4.78 is 0. The van der Waals surface area contributed by atoms with Crippen LogP contribution in [0.15, 0.2) is 76.7 Å². The van der Waals surface area contributed by atoms with Crippen LogP contribution >= 0.6 is 11.8 Å². The number of rotatable bonds is 2. The number of fused-ring (bicyclic) bond motifs is 2. The van der Waals surface area contributed by atoms with Gasteiger partial charge in [-0.3, -0.25) is 4.90 Å². The molecule has 4 aromatic rings. The van der Waals surface area contributed by atoms with Gasteiger partial charge in [0.05, 0.1) is 15.9 Å². The molecule has 0 aliphatic rings. The van der Waals surface area contributed by atoms with E-state index >= 15 is 0 Å². The smallest absolute Gasteiger partial charge is 0.280 e. The Bertz CT molecular complexity index is 1040. The Morgan fingerprint density at radius 3 is 2.00 bits per heavy atom. The molecule has 118 valence electrons. The molecule has 0 fully saturated rings. The Kier molecular flexibility index (Phi) is 3.59. The number of hydrogen-bond acceptors (Lipinski definition) is 4. The van der Waals surface area contributed by atoms with E-state index in [1.807, 2.05) is 48.5 Å². The van der Waals surface area contributed by atoms with Crippen molar-refractivity contribution in [3.05, 3.63) is 82.8 Å². The Hall–Kier alpha value is -2.99. The van der Waals surface area contributed by atoms with Gasteiger partial charge in [-0.15, -0.1) is 0 Å². The molecule has 0 aliphatic heterocycles. The van der Waals surface area contributed by atoms with Gasteiger partial charge in [-0.25, -0.2) is 9.97 Å². The minimum atomic E-state index is -0.439. The van der Waals surface area contributed by atoms with Crippen molar-refractivity contribution in [1.29, 1.82) is 0 Å². The monoisotopic (exact) mass is 334 g/mol. The number of pyridine rings is 2. The highest BCUT2D eigenvalue weighted by Crippen LogP contribution is 2.37. The molecular formula is C18H12N3O2S-. The molecule has 0 bridgehead atoms. The van der Waals surface area contributed by atoms with Gasteiger partial charge in [-0.05, 0) is 18.2 Å². The van der Waals surface area contributed by atoms with Crippen molar-refractivity contribution in [1.82, 2.24) is 14.9 Å². The highest BCUT2D eigenvalue weighted by molar-refractivity contribution is 7.99. The molecule has 1 N–H and O–H groups in total. The summed E-state index contributed by atoms with van der Waals surface area (Å²) in [5.41, 5.74) is 1.85. The molecule has 0 unspecified atom stereocenters. The highest BCUT2D eigenvalue weighted by atomic mass is 32.2. The van der Waals surface area contributed by atoms with Crippen LogP contribution < -0.4 is 10.4 Å². The van der Waals surface area contributed by atoms with E-state index in [-0.39, 0.29) is 5.49 Å². The number of aromatic nitrogens is 2. The van der Waals surface area contributed by atoms with Gasteiger partial charge < -0.3 is 10.4 Å². The van der Waals surface area contributed by atoms with Crippen LogP contribution in [-0.4, -0.2) is 9.97 Å². The normalized spacial score (nSPS) is 11.0. The van der Waals surface area contributed by atoms with Gasteiger partial charge in [0.15, 0.2) is 0 Å². The number of hydrogen-bond donors (Lipinski definition) is 1. The van der Waals surface area contributed by atoms with E-state index in [0.29, 0.717) is 0 Å². The molecule has 4 rings (SSSR count). The number of nitrogens with one attached hydrogen (secondary N) is 1. The fraction of sp³-hybridized carbons (Fsp3) is 0. The van der Waals surface area contributed by atoms with E-state index in [1.165, 1.54) is 6.07 Å². The highest BCUT2D eigenvalue weighted by Gasteiger charge is 2.10. The maximum atomic E-state index is 10.8. The lowest BCUT2D eigenvalue weighted by Crippen LogP contribution is -2.20. The molecule has 6 heteroatoms. The molecule has 2 heterocycles. The summed E-state index contributed by atoms with van der Waals surface area (Å²) in [5, 5.41) is 23.7. The van der Waals surface area contributed by atoms with Gasteiger partial charge in [0.1, 0.15) is 6.20 Å². The maximum Gasteiger partial charge on any atom is 0.280 e. The molecule has 0 radical (unpaired) electrons. The van der Waals surface area contributed by atoms with Crippen molar-refractivity contribution in [3.8, 4) is 0 Å². The van der Waals surface area contributed by atoms with Crippen LogP contribution in [0.1, 0.15) is 0 Å². The van der Waals surface area contributed by atoms with Gasteiger partial charge in [0, 0.05) is 21.7 Å². The summed E-state index contributed by atoms with van der Waals surface area (Å²) >= 11 is 1.57. The van der Waals surface area contributed by atoms with Crippen LogP contribution in [-0.2, 0) is 0 Å². The third kappa shape index (κ3) is 2.57. The first-order valence-corrected chi connectivity index (χ1v) is 8.15. The van der Waals surface area contributed by atoms with Crippen LogP contribution in [0.25, 0.3) is 21.8 Å². The first kappa shape index (κ1) is 14.6. The van der Waals surface area contributed by atoms with Gasteiger partial charge in [-0.1, -0.05) is 48.2 Å². The topological polar surface area (TPSA) is 77.8 Å². The Morgan fingerprint density at radius 1 is 0.833 bits per heavy atom. The van der Waals surface area contributed by atoms with Gasteiger partial charge in [-0.2, -0.15) is 0 Å². The number of para-hydroxylation sites is 2. The third-order valence-corrected chi connectivity index (χ3v) is 4.86. The number of benzene rings is 2. The van der Waals surface area contributed by atoms with Crippen molar-refractivity contribution < 1.29 is 0 Å². The minimum Gasteiger partial charge on any atom is -0.712 e. The van der Waals surface area contributed by atoms with Crippen molar-refractivity contribution in [3.63, 3.8) is 0 Å². The van der Waals surface area contributed by atoms with Crippen molar-refractivity contribution >= 4 is 33.6 Å². The zero-order valence-corrected chi connectivity index (χ0v) is 13.3. The zero-order chi connectivity index (χ0) is 16.5. The fourth-order valence-corrected chi connectivity index (χ4v) is 3.66. The van der Waals surface area contributed by atoms with E-state index < -0.39 is 4.90 Å². The van der Waals surface area contributed by atoms with E-state index in [9.17, 15) is 10.4 Å². The lowest BCUT2D eigenvalue weighted by Gasteiger charge is -2.11. The minimum absolute atomic E-state index is 0.0243. The molecule has 0 atom stereocenters. The number of H-pyrrole nitrogens is 1. The van der Waals surface area contributed by atoms with Gasteiger partial charge in [0.2, 0.25) is 0 Å². The van der Waals surface area contributed by atoms with Crippen molar-refractivity contribution in [2.75, 3.05) is 0 Å². The average Bonchev–Trinajstić information content (AvgIpc) is 2.62. The summed E-state index contributed by atoms with van der Waals surface area (Å²) in [7, 11) is 0. The fourth-order valence-electron chi connectivity index (χ4n) is 2.61. The molecule has 2 aromatic heterocycles. The molecule has 0 amide bonds. The van der Waals surface area contributed by atoms with Crippen molar-refractivity contribution in [2.45, 2.75) is 9.79 Å². The van der Waals surface area contributed by atoms with Crippen LogP contribution in [0.5, 0.6) is 0 Å². The molecule has 24 heavy (non-hydrogen) atoms. The summed E-state index contributed by atoms with van der Waals surface area (Å²) in [6.45, 7) is 0. The summed E-state index contributed by atoms with van der Waals surface area (Å²) in [4.78, 5) is 8.99. The molecule has 0 spiro atoms. The average molecular weight is 334 g/mol. The molecule has 0 saturated heterocycles. The Labute approximate surface area is 141 Å². The van der Waals surface area contributed by atoms with Crippen molar-refractivity contribution in [2.24, 2.45) is 0 Å². The number of nitrogens with zero attached hydrogens (tertiary/aromatic N) is 2. The Morgan fingerprint density at radius 2 is 1.46 bits per heavy atom. The summed E-state index contributed by atoms with van der Waals surface area (Å²) in [5.74, 6) is 0. The second-order valence-corrected chi connectivity index (χ2v) is 6.33. The van der Waals surface area contributed by atoms with E-state index in [1.54, 1.807) is 24.0 Å². The quantitative estimate of drug-likeness (QED) is 0.448. The first-order chi connectivity index (χ1) is 11.7. The largest absolute Gasteiger partial charge is 0.712 e. The van der Waals surface area contributed by atoms with E-state index in [4.69, 9.17) is 4.98 Å². The first-order valence-electron chi connectivity index (χ1n) is 7.34. The van der Waals surface area contributed by atoms with Gasteiger partial charge >= 0.3 is 0 Å². The number of aromatic amines is 1. The molecular weight excluding hydrogens is 322 g/mol. The predicted molar refractivity (Wildman–Crippen MR) is 96.2 cm³/mol. The lowest BCUT2D eigenvalue weighted by atomic mass is 10.1. The van der Waals surface area contributed by atoms with E-state index in [2.05, 4.69) is 4.98 Å². The second kappa shape index (κ2) is 5.90. The van der Waals surface area contributed by atoms with Crippen LogP contribution in [0, 0.1) is 10.4 Å². The molecule has 5 nitrogen and oxygen atoms in total. The summed E-state index contributed by atoms with van der Waals surface area (Å²) in [6.07, 6.45) is 1.66. The summed E-state index contributed by atoms with van der Waals surface area (Å²) in [6, 6.07) is 19.2. The van der Waals surface area contributed by atoms with Gasteiger partial charge in [0.25, 0.3) is 5.49 Å². The van der Waals surface area contributed by atoms with E-state index in [0.717, 1.165) is 31.6 Å². The van der Waals surface area contributed by atoms with Crippen LogP contribution in [0.4, 0.5) is 0 Å². The van der Waals surface area contributed by atoms with Crippen LogP contribution in [0.3, 0.4) is 0 Å². The van der Waals surface area contributed by atoms with Crippen LogP contribution in [0.2, 0.25) is 0 Å². The second-order valence-electron chi connectivity index (χ2n) is 5.24. The zero-order valence-electron chi connectivity index (χ0n) is 12.5. The molecule has 0 aliphatic carbocycles. The Balaban J connectivity index is 1.92. The standard InChI is InChI=1S/C18H12N3O2S/c22-21(23)17-10-9-12(11-19-17)24-18-13-5-1-3-7-15(13)20-16-8-4-2-6-14(16)18/h1-11,19H/q-1.